The SMILES string of the molecule is CC.CC.Cc1cc(C)nc(Oc2cnc(C(F)(F)F)cn2)c1. The third kappa shape index (κ3) is 7.08. The third-order valence-corrected chi connectivity index (χ3v) is 2.20. The summed E-state index contributed by atoms with van der Waals surface area (Å²) in [4.78, 5) is 10.9. The molecule has 0 radical (unpaired) electrons. The highest BCUT2D eigenvalue weighted by Gasteiger charge is 2.32. The molecule has 0 saturated heterocycles. The number of alkyl halides is 3. The number of hydrogen-bond acceptors (Lipinski definition) is 4. The van der Waals surface area contributed by atoms with Crippen LogP contribution in [0, 0.1) is 13.8 Å². The zero-order chi connectivity index (χ0) is 18.0. The van der Waals surface area contributed by atoms with Crippen LogP contribution in [0.5, 0.6) is 11.8 Å². The van der Waals surface area contributed by atoms with Gasteiger partial charge < -0.3 is 4.74 Å². The number of halogens is 3. The van der Waals surface area contributed by atoms with Gasteiger partial charge in [0.05, 0.1) is 12.4 Å². The van der Waals surface area contributed by atoms with E-state index in [1.54, 1.807) is 13.0 Å². The Morgan fingerprint density at radius 3 is 1.91 bits per heavy atom. The molecule has 0 aromatic carbocycles. The second kappa shape index (κ2) is 9.76. The van der Waals surface area contributed by atoms with Crippen molar-refractivity contribution in [2.45, 2.75) is 47.7 Å². The largest absolute Gasteiger partial charge is 0.434 e. The van der Waals surface area contributed by atoms with Gasteiger partial charge in [0, 0.05) is 11.8 Å². The summed E-state index contributed by atoms with van der Waals surface area (Å²) in [6.07, 6.45) is -2.97. The van der Waals surface area contributed by atoms with Crippen molar-refractivity contribution in [3.63, 3.8) is 0 Å². The lowest BCUT2D eigenvalue weighted by atomic mass is 10.2. The molecule has 0 bridgehead atoms. The van der Waals surface area contributed by atoms with Crippen LogP contribution in [0.25, 0.3) is 0 Å². The minimum absolute atomic E-state index is 0.0366. The number of hydrogen-bond donors (Lipinski definition) is 0. The maximum atomic E-state index is 12.3. The molecule has 2 rings (SSSR count). The zero-order valence-corrected chi connectivity index (χ0v) is 14.2. The van der Waals surface area contributed by atoms with Crippen molar-refractivity contribution in [2.24, 2.45) is 0 Å². The summed E-state index contributed by atoms with van der Waals surface area (Å²) in [6.45, 7) is 11.7. The highest BCUT2D eigenvalue weighted by Crippen LogP contribution is 2.27. The molecular formula is C16H22F3N3O. The first kappa shape index (κ1) is 20.8. The number of nitrogens with zero attached hydrogens (tertiary/aromatic N) is 3. The van der Waals surface area contributed by atoms with Crippen molar-refractivity contribution < 1.29 is 17.9 Å². The fraction of sp³-hybridized carbons (Fsp3) is 0.438. The molecule has 0 N–H and O–H groups in total. The second-order valence-corrected chi connectivity index (χ2v) is 3.96. The summed E-state index contributed by atoms with van der Waals surface area (Å²) < 4.78 is 42.1. The minimum Gasteiger partial charge on any atom is -0.419 e. The number of aryl methyl sites for hydroxylation is 2. The van der Waals surface area contributed by atoms with Crippen LogP contribution in [0.1, 0.15) is 44.6 Å². The van der Waals surface area contributed by atoms with Crippen molar-refractivity contribution in [3.05, 3.63) is 41.5 Å². The zero-order valence-electron chi connectivity index (χ0n) is 14.2. The van der Waals surface area contributed by atoms with Crippen molar-refractivity contribution in [1.29, 1.82) is 0 Å². The van der Waals surface area contributed by atoms with Crippen molar-refractivity contribution in [1.82, 2.24) is 15.0 Å². The van der Waals surface area contributed by atoms with E-state index in [-0.39, 0.29) is 11.8 Å². The average Bonchev–Trinajstić information content (AvgIpc) is 2.50. The summed E-state index contributed by atoms with van der Waals surface area (Å²) in [7, 11) is 0. The van der Waals surface area contributed by atoms with Crippen LogP contribution in [0.2, 0.25) is 0 Å². The van der Waals surface area contributed by atoms with E-state index < -0.39 is 11.9 Å². The quantitative estimate of drug-likeness (QED) is 0.745. The molecule has 128 valence electrons. The van der Waals surface area contributed by atoms with Gasteiger partial charge in [0.25, 0.3) is 0 Å². The minimum atomic E-state index is -4.51. The van der Waals surface area contributed by atoms with E-state index in [9.17, 15) is 13.2 Å². The van der Waals surface area contributed by atoms with Gasteiger partial charge >= 0.3 is 6.18 Å². The number of pyridine rings is 1. The highest BCUT2D eigenvalue weighted by molar-refractivity contribution is 5.26. The van der Waals surface area contributed by atoms with Gasteiger partial charge in [-0.05, 0) is 25.5 Å². The van der Waals surface area contributed by atoms with E-state index in [0.29, 0.717) is 6.20 Å². The van der Waals surface area contributed by atoms with Gasteiger partial charge in [-0.25, -0.2) is 15.0 Å². The fourth-order valence-electron chi connectivity index (χ4n) is 1.48. The fourth-order valence-corrected chi connectivity index (χ4v) is 1.48. The van der Waals surface area contributed by atoms with Gasteiger partial charge in [-0.2, -0.15) is 13.2 Å². The molecule has 0 spiro atoms. The molecule has 0 aliphatic rings. The van der Waals surface area contributed by atoms with E-state index in [2.05, 4.69) is 15.0 Å². The number of aromatic nitrogens is 3. The molecule has 23 heavy (non-hydrogen) atoms. The monoisotopic (exact) mass is 329 g/mol. The van der Waals surface area contributed by atoms with Gasteiger partial charge in [-0.1, -0.05) is 27.7 Å². The number of ether oxygens (including phenoxy) is 1. The van der Waals surface area contributed by atoms with Crippen LogP contribution in [0.3, 0.4) is 0 Å². The Kier molecular flexibility index (Phi) is 8.83. The summed E-state index contributed by atoms with van der Waals surface area (Å²) in [5.41, 5.74) is 0.616. The van der Waals surface area contributed by atoms with Crippen LogP contribution in [0.15, 0.2) is 24.5 Å². The molecule has 2 aromatic rings. The Labute approximate surface area is 134 Å². The molecule has 2 heterocycles. The third-order valence-electron chi connectivity index (χ3n) is 2.20. The summed E-state index contributed by atoms with van der Waals surface area (Å²) in [6, 6.07) is 3.51. The Bertz CT molecular complexity index is 564. The molecule has 0 aliphatic heterocycles. The lowest BCUT2D eigenvalue weighted by Gasteiger charge is -2.07. The lowest BCUT2D eigenvalue weighted by Crippen LogP contribution is -2.08. The average molecular weight is 329 g/mol. The van der Waals surface area contributed by atoms with E-state index >= 15 is 0 Å². The van der Waals surface area contributed by atoms with Crippen LogP contribution < -0.4 is 4.74 Å². The molecule has 7 heteroatoms. The van der Waals surface area contributed by atoms with Gasteiger partial charge in [0.1, 0.15) is 0 Å². The van der Waals surface area contributed by atoms with E-state index in [1.807, 2.05) is 40.7 Å². The molecular weight excluding hydrogens is 307 g/mol. The van der Waals surface area contributed by atoms with Crippen LogP contribution in [-0.4, -0.2) is 15.0 Å². The van der Waals surface area contributed by atoms with Crippen LogP contribution in [-0.2, 0) is 6.18 Å². The van der Waals surface area contributed by atoms with Gasteiger partial charge in [-0.3, -0.25) is 0 Å². The lowest BCUT2D eigenvalue weighted by molar-refractivity contribution is -0.141. The molecule has 0 aliphatic carbocycles. The van der Waals surface area contributed by atoms with E-state index in [0.717, 1.165) is 17.5 Å². The number of rotatable bonds is 2. The molecule has 0 fully saturated rings. The first-order valence-electron chi connectivity index (χ1n) is 7.37. The first-order chi connectivity index (χ1) is 10.8. The Morgan fingerprint density at radius 1 is 0.870 bits per heavy atom. The highest BCUT2D eigenvalue weighted by atomic mass is 19.4. The molecule has 4 nitrogen and oxygen atoms in total. The van der Waals surface area contributed by atoms with Crippen LogP contribution in [0.4, 0.5) is 13.2 Å². The Hall–Kier alpha value is -2.18. The van der Waals surface area contributed by atoms with Crippen molar-refractivity contribution >= 4 is 0 Å². The first-order valence-corrected chi connectivity index (χ1v) is 7.37. The Balaban J connectivity index is 0.00000112. The molecule has 0 saturated carbocycles. The molecule has 2 aromatic heterocycles. The van der Waals surface area contributed by atoms with Crippen molar-refractivity contribution in [2.75, 3.05) is 0 Å². The second-order valence-electron chi connectivity index (χ2n) is 3.96. The topological polar surface area (TPSA) is 47.9 Å². The predicted molar refractivity (Wildman–Crippen MR) is 83.5 cm³/mol. The van der Waals surface area contributed by atoms with E-state index in [1.165, 1.54) is 0 Å². The summed E-state index contributed by atoms with van der Waals surface area (Å²) >= 11 is 0. The van der Waals surface area contributed by atoms with Gasteiger partial charge in [0.15, 0.2) is 5.69 Å². The smallest absolute Gasteiger partial charge is 0.419 e. The maximum Gasteiger partial charge on any atom is 0.434 e. The molecule has 0 atom stereocenters. The molecule has 0 amide bonds. The van der Waals surface area contributed by atoms with Crippen molar-refractivity contribution in [3.8, 4) is 11.8 Å². The summed E-state index contributed by atoms with van der Waals surface area (Å²) in [5, 5.41) is 0. The maximum absolute atomic E-state index is 12.3. The molecule has 0 unspecified atom stereocenters. The van der Waals surface area contributed by atoms with Crippen LogP contribution >= 0.6 is 0 Å². The van der Waals surface area contributed by atoms with Gasteiger partial charge in [-0.15, -0.1) is 0 Å². The van der Waals surface area contributed by atoms with E-state index in [4.69, 9.17) is 4.74 Å². The predicted octanol–water partition coefficient (Wildman–Crippen LogP) is 5.35. The standard InChI is InChI=1S/C12H10F3N3O.2C2H6/c1-7-3-8(2)18-10(4-7)19-11-6-16-9(5-17-11)12(13,14)15;2*1-2/h3-6H,1-2H3;2*1-2H3. The van der Waals surface area contributed by atoms with Gasteiger partial charge in [0.2, 0.25) is 11.8 Å². The normalized spacial score (nSPS) is 9.96. The Morgan fingerprint density at radius 2 is 1.48 bits per heavy atom. The summed E-state index contributed by atoms with van der Waals surface area (Å²) in [5.74, 6) is 0.233.